The number of carbonyl (C=O) groups excluding carboxylic acids is 1. The van der Waals surface area contributed by atoms with Crippen LogP contribution in [0.15, 0.2) is 18.2 Å². The molecule has 7 heteroatoms. The Balaban J connectivity index is 2.15. The molecule has 0 bridgehead atoms. The zero-order valence-electron chi connectivity index (χ0n) is 9.93. The lowest BCUT2D eigenvalue weighted by molar-refractivity contribution is -0.141. The van der Waals surface area contributed by atoms with Crippen molar-refractivity contribution < 1.29 is 19.4 Å². The maximum atomic E-state index is 11.0. The number of primary amides is 1. The Labute approximate surface area is 114 Å². The highest BCUT2D eigenvalue weighted by Crippen LogP contribution is 2.26. The number of carboxylic acid groups (broad SMARTS) is 1. The number of carbonyl (C=O) groups is 2. The average molecular weight is 285 g/mol. The van der Waals surface area contributed by atoms with Gasteiger partial charge in [0.2, 0.25) is 5.91 Å². The van der Waals surface area contributed by atoms with Crippen molar-refractivity contribution in [3.8, 4) is 0 Å². The van der Waals surface area contributed by atoms with Gasteiger partial charge in [-0.2, -0.15) is 0 Å². The lowest BCUT2D eigenvalue weighted by Crippen LogP contribution is -2.33. The topological polar surface area (TPSA) is 102 Å². The van der Waals surface area contributed by atoms with Crippen LogP contribution in [-0.4, -0.2) is 36.2 Å². The predicted molar refractivity (Wildman–Crippen MR) is 69.3 cm³/mol. The van der Waals surface area contributed by atoms with Gasteiger partial charge < -0.3 is 20.9 Å². The molecule has 0 radical (unpaired) electrons. The zero-order valence-corrected chi connectivity index (χ0v) is 10.7. The second-order valence-electron chi connectivity index (χ2n) is 4.29. The van der Waals surface area contributed by atoms with Gasteiger partial charge in [0.25, 0.3) is 0 Å². The minimum atomic E-state index is -0.917. The lowest BCUT2D eigenvalue weighted by Gasteiger charge is -2.18. The first-order valence-electron chi connectivity index (χ1n) is 5.65. The first kappa shape index (κ1) is 13.6. The van der Waals surface area contributed by atoms with Crippen molar-refractivity contribution in [2.75, 3.05) is 18.5 Å². The molecule has 0 aliphatic carbocycles. The molecule has 1 aliphatic heterocycles. The molecule has 102 valence electrons. The van der Waals surface area contributed by atoms with Crippen LogP contribution >= 0.6 is 11.6 Å². The molecule has 1 aromatic carbocycles. The number of hydrogen-bond donors (Lipinski definition) is 3. The van der Waals surface area contributed by atoms with E-state index in [1.165, 1.54) is 12.1 Å². The molecule has 2 unspecified atom stereocenters. The van der Waals surface area contributed by atoms with E-state index in [-0.39, 0.29) is 12.6 Å². The van der Waals surface area contributed by atoms with Gasteiger partial charge in [-0.1, -0.05) is 11.6 Å². The minimum Gasteiger partial charge on any atom is -0.481 e. The van der Waals surface area contributed by atoms with Crippen LogP contribution < -0.4 is 11.1 Å². The number of aliphatic carboxylic acids is 1. The molecule has 2 atom stereocenters. The van der Waals surface area contributed by atoms with Crippen LogP contribution in [-0.2, 0) is 9.53 Å². The second kappa shape index (κ2) is 5.46. The second-order valence-corrected chi connectivity index (χ2v) is 4.70. The number of halogens is 1. The van der Waals surface area contributed by atoms with Crippen LogP contribution in [0.5, 0.6) is 0 Å². The van der Waals surface area contributed by atoms with E-state index in [2.05, 4.69) is 5.32 Å². The lowest BCUT2D eigenvalue weighted by atomic mass is 10.0. The summed E-state index contributed by atoms with van der Waals surface area (Å²) in [6.45, 7) is 0.467. The molecule has 19 heavy (non-hydrogen) atoms. The zero-order chi connectivity index (χ0) is 14.0. The number of carboxylic acids is 1. The van der Waals surface area contributed by atoms with Gasteiger partial charge in [-0.25, -0.2) is 0 Å². The van der Waals surface area contributed by atoms with E-state index in [1.54, 1.807) is 6.07 Å². The van der Waals surface area contributed by atoms with E-state index >= 15 is 0 Å². The van der Waals surface area contributed by atoms with Crippen molar-refractivity contribution >= 4 is 29.2 Å². The molecule has 4 N–H and O–H groups in total. The molecular weight excluding hydrogens is 272 g/mol. The molecule has 0 spiro atoms. The Hall–Kier alpha value is -1.79. The average Bonchev–Trinajstić information content (AvgIpc) is 2.79. The standard InChI is InChI=1S/C12H13ClN2O4/c13-8-3-6(11(14)16)1-2-9(8)15-10-5-19-4-7(10)12(17)18/h1-3,7,10,15H,4-5H2,(H2,14,16)(H,17,18). The number of nitrogens with one attached hydrogen (secondary N) is 1. The number of rotatable bonds is 4. The van der Waals surface area contributed by atoms with Crippen LogP contribution in [0.4, 0.5) is 5.69 Å². The molecule has 1 amide bonds. The number of benzene rings is 1. The largest absolute Gasteiger partial charge is 0.481 e. The Morgan fingerprint density at radius 3 is 2.74 bits per heavy atom. The first-order valence-corrected chi connectivity index (χ1v) is 6.03. The molecule has 0 saturated carbocycles. The number of amides is 1. The van der Waals surface area contributed by atoms with Crippen molar-refractivity contribution in [1.82, 2.24) is 0 Å². The van der Waals surface area contributed by atoms with E-state index in [0.29, 0.717) is 22.9 Å². The van der Waals surface area contributed by atoms with Crippen molar-refractivity contribution in [2.24, 2.45) is 11.7 Å². The van der Waals surface area contributed by atoms with Gasteiger partial charge in [0, 0.05) is 5.56 Å². The molecule has 2 rings (SSSR count). The van der Waals surface area contributed by atoms with Crippen LogP contribution in [0.1, 0.15) is 10.4 Å². The predicted octanol–water partition coefficient (Wildman–Crippen LogP) is 0.950. The fourth-order valence-electron chi connectivity index (χ4n) is 1.93. The van der Waals surface area contributed by atoms with Crippen molar-refractivity contribution in [1.29, 1.82) is 0 Å². The molecular formula is C12H13ClN2O4. The van der Waals surface area contributed by atoms with Gasteiger partial charge in [-0.15, -0.1) is 0 Å². The van der Waals surface area contributed by atoms with Crippen LogP contribution in [0.25, 0.3) is 0 Å². The summed E-state index contributed by atoms with van der Waals surface area (Å²) in [6, 6.07) is 4.22. The number of ether oxygens (including phenoxy) is 1. The summed E-state index contributed by atoms with van der Waals surface area (Å²) in [4.78, 5) is 22.0. The van der Waals surface area contributed by atoms with Crippen molar-refractivity contribution in [2.45, 2.75) is 6.04 Å². The van der Waals surface area contributed by atoms with Gasteiger partial charge in [-0.3, -0.25) is 9.59 Å². The SMILES string of the molecule is NC(=O)c1ccc(NC2COCC2C(=O)O)c(Cl)c1. The third-order valence-electron chi connectivity index (χ3n) is 2.99. The molecule has 1 aromatic rings. The first-order chi connectivity index (χ1) is 8.99. The number of hydrogen-bond acceptors (Lipinski definition) is 4. The molecule has 1 saturated heterocycles. The van der Waals surface area contributed by atoms with E-state index in [9.17, 15) is 9.59 Å². The Bertz CT molecular complexity index is 520. The summed E-state index contributed by atoms with van der Waals surface area (Å²) in [6.07, 6.45) is 0. The van der Waals surface area contributed by atoms with E-state index < -0.39 is 17.8 Å². The minimum absolute atomic E-state index is 0.171. The highest BCUT2D eigenvalue weighted by Gasteiger charge is 2.34. The summed E-state index contributed by atoms with van der Waals surface area (Å²) in [5.41, 5.74) is 5.99. The highest BCUT2D eigenvalue weighted by molar-refractivity contribution is 6.33. The van der Waals surface area contributed by atoms with Gasteiger partial charge in [0.15, 0.2) is 0 Å². The fourth-order valence-corrected chi connectivity index (χ4v) is 2.16. The van der Waals surface area contributed by atoms with Gasteiger partial charge >= 0.3 is 5.97 Å². The Morgan fingerprint density at radius 2 is 2.16 bits per heavy atom. The normalized spacial score (nSPS) is 22.2. The van der Waals surface area contributed by atoms with Gasteiger partial charge in [-0.05, 0) is 18.2 Å². The van der Waals surface area contributed by atoms with Gasteiger partial charge in [0.1, 0.15) is 5.92 Å². The number of nitrogens with two attached hydrogens (primary N) is 1. The summed E-state index contributed by atoms with van der Waals surface area (Å²) >= 11 is 6.02. The monoisotopic (exact) mass is 284 g/mol. The molecule has 6 nitrogen and oxygen atoms in total. The summed E-state index contributed by atoms with van der Waals surface area (Å²) < 4.78 is 5.14. The van der Waals surface area contributed by atoms with Gasteiger partial charge in [0.05, 0.1) is 30.0 Å². The van der Waals surface area contributed by atoms with E-state index in [1.807, 2.05) is 0 Å². The van der Waals surface area contributed by atoms with Crippen LogP contribution in [0.2, 0.25) is 5.02 Å². The summed E-state index contributed by atoms with van der Waals surface area (Å²) in [5.74, 6) is -2.10. The summed E-state index contributed by atoms with van der Waals surface area (Å²) in [7, 11) is 0. The Kier molecular flexibility index (Phi) is 3.92. The maximum absolute atomic E-state index is 11.0. The third-order valence-corrected chi connectivity index (χ3v) is 3.30. The summed E-state index contributed by atoms with van der Waals surface area (Å²) in [5, 5.41) is 12.4. The maximum Gasteiger partial charge on any atom is 0.311 e. The third kappa shape index (κ3) is 2.97. The van der Waals surface area contributed by atoms with Crippen LogP contribution in [0.3, 0.4) is 0 Å². The fraction of sp³-hybridized carbons (Fsp3) is 0.333. The van der Waals surface area contributed by atoms with Crippen molar-refractivity contribution in [3.05, 3.63) is 28.8 Å². The molecule has 1 heterocycles. The van der Waals surface area contributed by atoms with E-state index in [4.69, 9.17) is 27.2 Å². The van der Waals surface area contributed by atoms with Crippen LogP contribution in [0, 0.1) is 5.92 Å². The van der Waals surface area contributed by atoms with E-state index in [0.717, 1.165) is 0 Å². The highest BCUT2D eigenvalue weighted by atomic mass is 35.5. The Morgan fingerprint density at radius 1 is 1.42 bits per heavy atom. The molecule has 1 aliphatic rings. The molecule has 1 fully saturated rings. The number of anilines is 1. The molecule has 0 aromatic heterocycles. The van der Waals surface area contributed by atoms with Crippen molar-refractivity contribution in [3.63, 3.8) is 0 Å². The quantitative estimate of drug-likeness (QED) is 0.764. The smallest absolute Gasteiger partial charge is 0.311 e.